The number of hydrogen-bond donors (Lipinski definition) is 1. The number of amides is 1. The molecule has 1 amide bonds. The average molecular weight is 408 g/mol. The molecule has 0 saturated carbocycles. The highest BCUT2D eigenvalue weighted by Crippen LogP contribution is 2.37. The summed E-state index contributed by atoms with van der Waals surface area (Å²) in [5.74, 6) is 1.21. The molecule has 2 rings (SSSR count). The number of carbonyl (C=O) groups is 1. The normalized spacial score (nSPS) is 16.6. The van der Waals surface area contributed by atoms with E-state index in [9.17, 15) is 4.79 Å². The number of benzene rings is 1. The van der Waals surface area contributed by atoms with Crippen molar-refractivity contribution < 1.29 is 14.3 Å². The van der Waals surface area contributed by atoms with E-state index in [1.807, 2.05) is 14.0 Å². The Morgan fingerprint density at radius 2 is 2.22 bits per heavy atom. The van der Waals surface area contributed by atoms with Gasteiger partial charge in [-0.05, 0) is 47.4 Å². The molecule has 1 saturated heterocycles. The maximum Gasteiger partial charge on any atom is 0.254 e. The highest BCUT2D eigenvalue weighted by atomic mass is 79.9. The van der Waals surface area contributed by atoms with Crippen LogP contribution < -0.4 is 14.8 Å². The third kappa shape index (κ3) is 4.75. The molecule has 1 aliphatic heterocycles. The molecule has 7 heteroatoms. The lowest BCUT2D eigenvalue weighted by Crippen LogP contribution is -2.38. The molecule has 0 aliphatic carbocycles. The van der Waals surface area contributed by atoms with Crippen molar-refractivity contribution in [2.24, 2.45) is 0 Å². The number of rotatable bonds is 6. The summed E-state index contributed by atoms with van der Waals surface area (Å²) in [6, 6.07) is 3.79. The lowest BCUT2D eigenvalue weighted by molar-refractivity contribution is 0.0743. The third-order valence-electron chi connectivity index (χ3n) is 3.83. The van der Waals surface area contributed by atoms with Crippen LogP contribution in [0, 0.1) is 0 Å². The van der Waals surface area contributed by atoms with Crippen molar-refractivity contribution in [3.8, 4) is 11.5 Å². The van der Waals surface area contributed by atoms with Gasteiger partial charge in [-0.2, -0.15) is 0 Å². The van der Waals surface area contributed by atoms with E-state index >= 15 is 0 Å². The Morgan fingerprint density at radius 1 is 1.48 bits per heavy atom. The van der Waals surface area contributed by atoms with Crippen molar-refractivity contribution >= 4 is 34.2 Å². The zero-order valence-electron chi connectivity index (χ0n) is 13.7. The van der Waals surface area contributed by atoms with Crippen LogP contribution in [0.15, 0.2) is 16.6 Å². The van der Waals surface area contributed by atoms with Gasteiger partial charge in [-0.25, -0.2) is 0 Å². The predicted molar refractivity (Wildman–Crippen MR) is 97.1 cm³/mol. The maximum absolute atomic E-state index is 12.7. The second-order valence-corrected chi connectivity index (χ2v) is 6.25. The molecule has 1 fully saturated rings. The van der Waals surface area contributed by atoms with E-state index in [0.717, 1.165) is 30.4 Å². The van der Waals surface area contributed by atoms with E-state index in [4.69, 9.17) is 9.47 Å². The second kappa shape index (κ2) is 9.35. The van der Waals surface area contributed by atoms with E-state index in [-0.39, 0.29) is 24.4 Å². The summed E-state index contributed by atoms with van der Waals surface area (Å²) in [5, 5.41) is 3.28. The Morgan fingerprint density at radius 3 is 2.78 bits per heavy atom. The standard InChI is InChI=1S/C16H23BrN2O3.ClH/c1-4-7-22-15-13(17)8-11(9-14(15)21-3)16(20)19(2)12-5-6-18-10-12;/h8-9,12,18H,4-7,10H2,1-3H3;1H. The molecule has 23 heavy (non-hydrogen) atoms. The van der Waals surface area contributed by atoms with Crippen molar-refractivity contribution in [1.29, 1.82) is 0 Å². The van der Waals surface area contributed by atoms with Crippen LogP contribution in [0.2, 0.25) is 0 Å². The van der Waals surface area contributed by atoms with Crippen molar-refractivity contribution in [3.05, 3.63) is 22.2 Å². The zero-order chi connectivity index (χ0) is 16.1. The van der Waals surface area contributed by atoms with E-state index in [1.54, 1.807) is 24.1 Å². The monoisotopic (exact) mass is 406 g/mol. The Bertz CT molecular complexity index is 536. The highest BCUT2D eigenvalue weighted by Gasteiger charge is 2.25. The van der Waals surface area contributed by atoms with Gasteiger partial charge in [0.1, 0.15) is 0 Å². The lowest BCUT2D eigenvalue weighted by atomic mass is 10.1. The van der Waals surface area contributed by atoms with Crippen LogP contribution in [0.3, 0.4) is 0 Å². The van der Waals surface area contributed by atoms with Gasteiger partial charge in [-0.3, -0.25) is 4.79 Å². The number of halogens is 2. The summed E-state index contributed by atoms with van der Waals surface area (Å²) in [6.45, 7) is 4.45. The summed E-state index contributed by atoms with van der Waals surface area (Å²) in [5.41, 5.74) is 0.599. The first kappa shape index (κ1) is 20.1. The Kier molecular flexibility index (Phi) is 8.16. The summed E-state index contributed by atoms with van der Waals surface area (Å²) in [7, 11) is 3.43. The molecule has 0 radical (unpaired) electrons. The number of ether oxygens (including phenoxy) is 2. The lowest BCUT2D eigenvalue weighted by Gasteiger charge is -2.24. The maximum atomic E-state index is 12.7. The van der Waals surface area contributed by atoms with Crippen LogP contribution in [0.25, 0.3) is 0 Å². The van der Waals surface area contributed by atoms with Crippen LogP contribution in [0.1, 0.15) is 30.1 Å². The van der Waals surface area contributed by atoms with E-state index in [2.05, 4.69) is 21.2 Å². The van der Waals surface area contributed by atoms with Gasteiger partial charge < -0.3 is 19.7 Å². The van der Waals surface area contributed by atoms with Crippen LogP contribution in [-0.4, -0.2) is 50.7 Å². The number of hydrogen-bond acceptors (Lipinski definition) is 4. The largest absolute Gasteiger partial charge is 0.493 e. The molecule has 1 aromatic carbocycles. The highest BCUT2D eigenvalue weighted by molar-refractivity contribution is 9.10. The SMILES string of the molecule is CCCOc1c(Br)cc(C(=O)N(C)C2CCNC2)cc1OC.Cl. The minimum absolute atomic E-state index is 0. The van der Waals surface area contributed by atoms with Crippen LogP contribution >= 0.6 is 28.3 Å². The molecule has 0 bridgehead atoms. The average Bonchev–Trinajstić information content (AvgIpc) is 3.06. The fourth-order valence-electron chi connectivity index (χ4n) is 2.53. The van der Waals surface area contributed by atoms with Gasteiger partial charge in [-0.15, -0.1) is 12.4 Å². The topological polar surface area (TPSA) is 50.8 Å². The Balaban J connectivity index is 0.00000264. The van der Waals surface area contributed by atoms with Crippen molar-refractivity contribution in [1.82, 2.24) is 10.2 Å². The first-order valence-corrected chi connectivity index (χ1v) is 8.36. The van der Waals surface area contributed by atoms with Gasteiger partial charge in [0.15, 0.2) is 11.5 Å². The van der Waals surface area contributed by atoms with Crippen LogP contribution in [0.5, 0.6) is 11.5 Å². The molecule has 1 aliphatic rings. The molecule has 5 nitrogen and oxygen atoms in total. The summed E-state index contributed by atoms with van der Waals surface area (Å²) in [4.78, 5) is 14.5. The first-order valence-electron chi connectivity index (χ1n) is 7.56. The molecular formula is C16H24BrClN2O3. The molecule has 1 aromatic rings. The van der Waals surface area contributed by atoms with Crippen molar-refractivity contribution in [3.63, 3.8) is 0 Å². The van der Waals surface area contributed by atoms with Gasteiger partial charge in [-0.1, -0.05) is 6.92 Å². The zero-order valence-corrected chi connectivity index (χ0v) is 16.1. The number of methoxy groups -OCH3 is 1. The Labute approximate surface area is 152 Å². The van der Waals surface area contributed by atoms with E-state index in [1.165, 1.54) is 0 Å². The number of carbonyl (C=O) groups excluding carboxylic acids is 1. The molecular weight excluding hydrogens is 384 g/mol. The van der Waals surface area contributed by atoms with Gasteiger partial charge in [0.05, 0.1) is 18.2 Å². The first-order chi connectivity index (χ1) is 10.6. The molecule has 0 spiro atoms. The summed E-state index contributed by atoms with van der Waals surface area (Å²) < 4.78 is 11.8. The van der Waals surface area contributed by atoms with Crippen molar-refractivity contribution in [2.45, 2.75) is 25.8 Å². The summed E-state index contributed by atoms with van der Waals surface area (Å²) in [6.07, 6.45) is 1.89. The smallest absolute Gasteiger partial charge is 0.254 e. The number of nitrogens with zero attached hydrogens (tertiary/aromatic N) is 1. The van der Waals surface area contributed by atoms with Crippen molar-refractivity contribution in [2.75, 3.05) is 33.9 Å². The van der Waals surface area contributed by atoms with Crippen LogP contribution in [-0.2, 0) is 0 Å². The van der Waals surface area contributed by atoms with Gasteiger partial charge in [0, 0.05) is 25.2 Å². The number of likely N-dealkylation sites (N-methyl/N-ethyl adjacent to an activating group) is 1. The summed E-state index contributed by atoms with van der Waals surface area (Å²) >= 11 is 3.48. The fraction of sp³-hybridized carbons (Fsp3) is 0.562. The molecule has 130 valence electrons. The van der Waals surface area contributed by atoms with Crippen LogP contribution in [0.4, 0.5) is 0 Å². The Hall–Kier alpha value is -0.980. The molecule has 1 atom stereocenters. The quantitative estimate of drug-likeness (QED) is 0.787. The molecule has 1 unspecified atom stereocenters. The van der Waals surface area contributed by atoms with E-state index in [0.29, 0.717) is 23.7 Å². The minimum Gasteiger partial charge on any atom is -0.493 e. The fourth-order valence-corrected chi connectivity index (χ4v) is 3.08. The predicted octanol–water partition coefficient (Wildman–Crippen LogP) is 3.10. The molecule has 0 aromatic heterocycles. The number of nitrogens with one attached hydrogen (secondary N) is 1. The molecule has 1 N–H and O–H groups in total. The van der Waals surface area contributed by atoms with Gasteiger partial charge in [0.2, 0.25) is 0 Å². The second-order valence-electron chi connectivity index (χ2n) is 5.40. The van der Waals surface area contributed by atoms with Gasteiger partial charge in [0.25, 0.3) is 5.91 Å². The minimum atomic E-state index is -0.00487. The van der Waals surface area contributed by atoms with E-state index < -0.39 is 0 Å². The third-order valence-corrected chi connectivity index (χ3v) is 4.42. The van der Waals surface area contributed by atoms with Gasteiger partial charge >= 0.3 is 0 Å². The molecule has 1 heterocycles.